The van der Waals surface area contributed by atoms with Crippen molar-refractivity contribution in [2.45, 2.75) is 13.3 Å². The van der Waals surface area contributed by atoms with Crippen molar-refractivity contribution in [3.63, 3.8) is 0 Å². The van der Waals surface area contributed by atoms with Gasteiger partial charge in [0, 0.05) is 17.0 Å². The zero-order chi connectivity index (χ0) is 21.5. The van der Waals surface area contributed by atoms with Gasteiger partial charge >= 0.3 is 11.6 Å². The summed E-state index contributed by atoms with van der Waals surface area (Å²) in [5.74, 6) is -0.508. The number of ether oxygens (including phenoxy) is 2. The van der Waals surface area contributed by atoms with Crippen molar-refractivity contribution in [2.75, 3.05) is 19.8 Å². The van der Waals surface area contributed by atoms with Crippen molar-refractivity contribution >= 4 is 34.4 Å². The molecule has 0 aliphatic rings. The lowest BCUT2D eigenvalue weighted by Crippen LogP contribution is -2.29. The summed E-state index contributed by atoms with van der Waals surface area (Å²) in [6, 6.07) is 13.5. The lowest BCUT2D eigenvalue weighted by atomic mass is 10.2. The number of rotatable bonds is 8. The number of carbonyl (C=O) groups is 2. The van der Waals surface area contributed by atoms with E-state index in [-0.39, 0.29) is 25.3 Å². The first-order valence-corrected chi connectivity index (χ1v) is 9.67. The van der Waals surface area contributed by atoms with Crippen LogP contribution in [-0.2, 0) is 9.53 Å². The van der Waals surface area contributed by atoms with Gasteiger partial charge in [-0.3, -0.25) is 4.79 Å². The van der Waals surface area contributed by atoms with Crippen molar-refractivity contribution in [2.24, 2.45) is 0 Å². The number of fused-ring (bicyclic) bond motifs is 1. The largest absolute Gasteiger partial charge is 0.482 e. The average molecular weight is 430 g/mol. The quantitative estimate of drug-likeness (QED) is 0.334. The number of esters is 1. The molecule has 0 spiro atoms. The molecule has 0 atom stereocenters. The van der Waals surface area contributed by atoms with Crippen LogP contribution in [0.15, 0.2) is 57.7 Å². The molecule has 30 heavy (non-hydrogen) atoms. The minimum Gasteiger partial charge on any atom is -0.482 e. The minimum absolute atomic E-state index is 0.0718. The maximum absolute atomic E-state index is 12.2. The van der Waals surface area contributed by atoms with Gasteiger partial charge in [-0.15, -0.1) is 0 Å². The van der Waals surface area contributed by atoms with E-state index in [1.165, 1.54) is 6.07 Å². The van der Waals surface area contributed by atoms with E-state index in [9.17, 15) is 14.4 Å². The van der Waals surface area contributed by atoms with E-state index >= 15 is 0 Å². The Hall–Kier alpha value is -3.32. The summed E-state index contributed by atoms with van der Waals surface area (Å²) in [7, 11) is 0. The van der Waals surface area contributed by atoms with Crippen LogP contribution in [0.4, 0.5) is 0 Å². The molecule has 0 saturated heterocycles. The lowest BCUT2D eigenvalue weighted by molar-refractivity contribution is -0.146. The molecule has 2 aromatic carbocycles. The van der Waals surface area contributed by atoms with Crippen LogP contribution in [0.3, 0.4) is 0 Å². The second kappa shape index (κ2) is 9.93. The van der Waals surface area contributed by atoms with Crippen molar-refractivity contribution in [1.29, 1.82) is 0 Å². The van der Waals surface area contributed by atoms with E-state index in [1.54, 1.807) is 42.5 Å². The first-order chi connectivity index (χ1) is 14.4. The summed E-state index contributed by atoms with van der Waals surface area (Å²) < 4.78 is 15.6. The highest BCUT2D eigenvalue weighted by Crippen LogP contribution is 2.21. The number of carbonyl (C=O) groups excluding carboxylic acids is 2. The van der Waals surface area contributed by atoms with Gasteiger partial charge in [-0.1, -0.05) is 29.8 Å². The van der Waals surface area contributed by atoms with Crippen LogP contribution < -0.4 is 15.7 Å². The van der Waals surface area contributed by atoms with Crippen LogP contribution in [0.25, 0.3) is 11.0 Å². The van der Waals surface area contributed by atoms with Crippen molar-refractivity contribution in [1.82, 2.24) is 5.32 Å². The number of para-hydroxylation sites is 1. The third kappa shape index (κ3) is 5.61. The predicted octanol–water partition coefficient (Wildman–Crippen LogP) is 3.50. The smallest absolute Gasteiger partial charge is 0.349 e. The van der Waals surface area contributed by atoms with E-state index in [2.05, 4.69) is 5.32 Å². The molecule has 1 heterocycles. The Morgan fingerprint density at radius 1 is 1.13 bits per heavy atom. The van der Waals surface area contributed by atoms with E-state index in [0.717, 1.165) is 5.56 Å². The average Bonchev–Trinajstić information content (AvgIpc) is 2.72. The monoisotopic (exact) mass is 429 g/mol. The molecular weight excluding hydrogens is 410 g/mol. The molecular formula is C22H20ClNO6. The Morgan fingerprint density at radius 3 is 2.73 bits per heavy atom. The number of halogens is 1. The molecule has 8 heteroatoms. The Labute approximate surface area is 177 Å². The summed E-state index contributed by atoms with van der Waals surface area (Å²) in [5.41, 5.74) is 0.461. The third-order valence-corrected chi connectivity index (χ3v) is 4.47. The van der Waals surface area contributed by atoms with Gasteiger partial charge < -0.3 is 19.2 Å². The lowest BCUT2D eigenvalue weighted by Gasteiger charge is -2.09. The molecule has 3 aromatic rings. The van der Waals surface area contributed by atoms with Gasteiger partial charge in [-0.25, -0.2) is 9.59 Å². The SMILES string of the molecule is Cc1cc(Cl)ccc1OCC(=O)OCCCNC(=O)c1cc2ccccc2oc1=O. The highest BCUT2D eigenvalue weighted by Gasteiger charge is 2.13. The van der Waals surface area contributed by atoms with Crippen LogP contribution in [0.2, 0.25) is 5.02 Å². The highest BCUT2D eigenvalue weighted by molar-refractivity contribution is 6.30. The molecule has 0 aliphatic heterocycles. The Balaban J connectivity index is 1.39. The number of hydrogen-bond acceptors (Lipinski definition) is 6. The molecule has 0 fully saturated rings. The van der Waals surface area contributed by atoms with Gasteiger partial charge in [0.25, 0.3) is 5.91 Å². The summed E-state index contributed by atoms with van der Waals surface area (Å²) in [5, 5.41) is 3.86. The van der Waals surface area contributed by atoms with Crippen LogP contribution in [0.1, 0.15) is 22.3 Å². The molecule has 3 rings (SSSR count). The van der Waals surface area contributed by atoms with Crippen molar-refractivity contribution in [3.8, 4) is 5.75 Å². The Morgan fingerprint density at radius 2 is 1.93 bits per heavy atom. The first kappa shape index (κ1) is 21.4. The molecule has 1 amide bonds. The van der Waals surface area contributed by atoms with Gasteiger partial charge in [-0.05, 0) is 49.2 Å². The maximum Gasteiger partial charge on any atom is 0.349 e. The summed E-state index contributed by atoms with van der Waals surface area (Å²) in [4.78, 5) is 35.9. The molecule has 0 bridgehead atoms. The Bertz CT molecular complexity index is 1120. The highest BCUT2D eigenvalue weighted by atomic mass is 35.5. The van der Waals surface area contributed by atoms with Gasteiger partial charge in [0.05, 0.1) is 6.61 Å². The zero-order valence-electron chi connectivity index (χ0n) is 16.3. The fraction of sp³-hybridized carbons (Fsp3) is 0.227. The molecule has 0 unspecified atom stereocenters. The molecule has 1 aromatic heterocycles. The number of benzene rings is 2. The number of nitrogens with one attached hydrogen (secondary N) is 1. The molecule has 0 saturated carbocycles. The zero-order valence-corrected chi connectivity index (χ0v) is 17.0. The molecule has 0 aliphatic carbocycles. The van der Waals surface area contributed by atoms with Crippen molar-refractivity contribution in [3.05, 3.63) is 75.1 Å². The fourth-order valence-electron chi connectivity index (χ4n) is 2.73. The molecule has 1 N–H and O–H groups in total. The van der Waals surface area contributed by atoms with Crippen LogP contribution in [-0.4, -0.2) is 31.6 Å². The van der Waals surface area contributed by atoms with Crippen molar-refractivity contribution < 1.29 is 23.5 Å². The second-order valence-electron chi connectivity index (χ2n) is 6.51. The normalized spacial score (nSPS) is 10.6. The van der Waals surface area contributed by atoms with Crippen LogP contribution in [0.5, 0.6) is 5.75 Å². The fourth-order valence-corrected chi connectivity index (χ4v) is 2.96. The number of hydrogen-bond donors (Lipinski definition) is 1. The van der Waals surface area contributed by atoms with E-state index in [4.69, 9.17) is 25.5 Å². The minimum atomic E-state index is -0.702. The Kier molecular flexibility index (Phi) is 7.08. The van der Waals surface area contributed by atoms with Gasteiger partial charge in [0.2, 0.25) is 0 Å². The third-order valence-electron chi connectivity index (χ3n) is 4.24. The molecule has 7 nitrogen and oxygen atoms in total. The summed E-state index contributed by atoms with van der Waals surface area (Å²) in [6.45, 7) is 1.93. The standard InChI is InChI=1S/C22H20ClNO6/c1-14-11-16(23)7-8-18(14)29-13-20(25)28-10-4-9-24-21(26)17-12-15-5-2-3-6-19(15)30-22(17)27/h2-3,5-8,11-12H,4,9-10,13H2,1H3,(H,24,26). The maximum atomic E-state index is 12.2. The van der Waals surface area contributed by atoms with Gasteiger partial charge in [0.15, 0.2) is 6.61 Å². The molecule has 0 radical (unpaired) electrons. The van der Waals surface area contributed by atoms with Crippen LogP contribution >= 0.6 is 11.6 Å². The van der Waals surface area contributed by atoms with E-state index in [0.29, 0.717) is 28.2 Å². The first-order valence-electron chi connectivity index (χ1n) is 9.30. The van der Waals surface area contributed by atoms with E-state index < -0.39 is 17.5 Å². The predicted molar refractivity (Wildman–Crippen MR) is 112 cm³/mol. The second-order valence-corrected chi connectivity index (χ2v) is 6.95. The number of amides is 1. The summed E-state index contributed by atoms with van der Waals surface area (Å²) >= 11 is 5.87. The summed E-state index contributed by atoms with van der Waals surface area (Å²) in [6.07, 6.45) is 0.385. The molecule has 156 valence electrons. The van der Waals surface area contributed by atoms with Gasteiger partial charge in [0.1, 0.15) is 16.9 Å². The van der Waals surface area contributed by atoms with Crippen LogP contribution in [0, 0.1) is 6.92 Å². The van der Waals surface area contributed by atoms with E-state index in [1.807, 2.05) is 6.92 Å². The number of aryl methyl sites for hydroxylation is 1. The van der Waals surface area contributed by atoms with Gasteiger partial charge in [-0.2, -0.15) is 0 Å². The topological polar surface area (TPSA) is 94.8 Å².